The van der Waals surface area contributed by atoms with Crippen molar-refractivity contribution in [1.29, 1.82) is 0 Å². The van der Waals surface area contributed by atoms with Gasteiger partial charge in [-0.25, -0.2) is 0 Å². The highest BCUT2D eigenvalue weighted by molar-refractivity contribution is 6.32. The van der Waals surface area contributed by atoms with Crippen molar-refractivity contribution in [1.82, 2.24) is 5.32 Å². The lowest BCUT2D eigenvalue weighted by molar-refractivity contribution is 0.413. The molecule has 0 atom stereocenters. The molecule has 1 aliphatic rings. The van der Waals surface area contributed by atoms with Gasteiger partial charge in [0.25, 0.3) is 0 Å². The maximum absolute atomic E-state index is 6.18. The summed E-state index contributed by atoms with van der Waals surface area (Å²) < 4.78 is 5.22. The van der Waals surface area contributed by atoms with Crippen molar-refractivity contribution in [2.75, 3.05) is 20.2 Å². The summed E-state index contributed by atoms with van der Waals surface area (Å²) in [6.45, 7) is 4.34. The van der Waals surface area contributed by atoms with Crippen LogP contribution in [0.4, 0.5) is 0 Å². The van der Waals surface area contributed by atoms with Crippen LogP contribution in [0.3, 0.4) is 0 Å². The Labute approximate surface area is 102 Å². The summed E-state index contributed by atoms with van der Waals surface area (Å²) in [5, 5.41) is 4.11. The van der Waals surface area contributed by atoms with Crippen molar-refractivity contribution in [3.05, 3.63) is 28.3 Å². The van der Waals surface area contributed by atoms with Gasteiger partial charge in [0, 0.05) is 0 Å². The normalized spacial score (nSPS) is 17.4. The molecule has 0 radical (unpaired) electrons. The molecule has 1 N–H and O–H groups in total. The quantitative estimate of drug-likeness (QED) is 0.856. The third-order valence-electron chi connectivity index (χ3n) is 3.32. The molecule has 2 rings (SSSR count). The molecule has 2 nitrogen and oxygen atoms in total. The highest BCUT2D eigenvalue weighted by atomic mass is 35.5. The van der Waals surface area contributed by atoms with Crippen molar-refractivity contribution >= 4 is 11.6 Å². The van der Waals surface area contributed by atoms with Crippen molar-refractivity contribution in [3.8, 4) is 5.75 Å². The first kappa shape index (κ1) is 11.7. The number of halogens is 1. The predicted octanol–water partition coefficient (Wildman–Crippen LogP) is 3.12. The van der Waals surface area contributed by atoms with Crippen LogP contribution < -0.4 is 10.1 Å². The number of rotatable bonds is 2. The summed E-state index contributed by atoms with van der Waals surface area (Å²) in [6.07, 6.45) is 2.40. The Morgan fingerprint density at radius 1 is 1.31 bits per heavy atom. The molecule has 0 amide bonds. The summed E-state index contributed by atoms with van der Waals surface area (Å²) in [7, 11) is 1.66. The van der Waals surface area contributed by atoms with Gasteiger partial charge < -0.3 is 10.1 Å². The third-order valence-corrected chi connectivity index (χ3v) is 3.61. The molecule has 1 aromatic rings. The van der Waals surface area contributed by atoms with Gasteiger partial charge >= 0.3 is 0 Å². The number of methoxy groups -OCH3 is 1. The fourth-order valence-electron chi connectivity index (χ4n) is 2.40. The van der Waals surface area contributed by atoms with Gasteiger partial charge in [-0.15, -0.1) is 0 Å². The highest BCUT2D eigenvalue weighted by Crippen LogP contribution is 2.34. The van der Waals surface area contributed by atoms with Crippen LogP contribution in [0.25, 0.3) is 0 Å². The molecule has 16 heavy (non-hydrogen) atoms. The van der Waals surface area contributed by atoms with Crippen molar-refractivity contribution in [2.45, 2.75) is 25.7 Å². The minimum Gasteiger partial charge on any atom is -0.495 e. The molecule has 0 aliphatic carbocycles. The fraction of sp³-hybridized carbons (Fsp3) is 0.538. The minimum absolute atomic E-state index is 0.643. The highest BCUT2D eigenvalue weighted by Gasteiger charge is 2.18. The van der Waals surface area contributed by atoms with Gasteiger partial charge in [0.1, 0.15) is 5.75 Å². The van der Waals surface area contributed by atoms with E-state index >= 15 is 0 Å². The van der Waals surface area contributed by atoms with E-state index in [0.717, 1.165) is 23.9 Å². The number of aryl methyl sites for hydroxylation is 1. The second kappa shape index (κ2) is 5.07. The molecule has 0 aromatic heterocycles. The van der Waals surface area contributed by atoms with Crippen LogP contribution in [0.5, 0.6) is 5.75 Å². The fourth-order valence-corrected chi connectivity index (χ4v) is 2.65. The zero-order valence-corrected chi connectivity index (χ0v) is 10.6. The SMILES string of the molecule is COc1cc(C)c(C2CCNCC2)cc1Cl. The lowest BCUT2D eigenvalue weighted by Crippen LogP contribution is -2.26. The molecule has 3 heteroatoms. The Balaban J connectivity index is 2.29. The lowest BCUT2D eigenvalue weighted by Gasteiger charge is -2.25. The predicted molar refractivity (Wildman–Crippen MR) is 67.6 cm³/mol. The smallest absolute Gasteiger partial charge is 0.137 e. The third kappa shape index (κ3) is 2.33. The van der Waals surface area contributed by atoms with Gasteiger partial charge in [0.15, 0.2) is 0 Å². The van der Waals surface area contributed by atoms with Gasteiger partial charge in [-0.2, -0.15) is 0 Å². The van der Waals surface area contributed by atoms with Crippen molar-refractivity contribution in [2.24, 2.45) is 0 Å². The second-order valence-corrected chi connectivity index (χ2v) is 4.77. The number of benzene rings is 1. The van der Waals surface area contributed by atoms with Crippen LogP contribution in [-0.4, -0.2) is 20.2 Å². The van der Waals surface area contributed by atoms with E-state index in [0.29, 0.717) is 5.92 Å². The van der Waals surface area contributed by atoms with Crippen molar-refractivity contribution < 1.29 is 4.74 Å². The summed E-state index contributed by atoms with van der Waals surface area (Å²) in [5.41, 5.74) is 2.67. The molecule has 1 heterocycles. The topological polar surface area (TPSA) is 21.3 Å². The van der Waals surface area contributed by atoms with E-state index in [1.54, 1.807) is 7.11 Å². The van der Waals surface area contributed by atoms with Crippen LogP contribution in [0.1, 0.15) is 29.9 Å². The van der Waals surface area contributed by atoms with E-state index in [9.17, 15) is 0 Å². The number of hydrogen-bond donors (Lipinski definition) is 1. The second-order valence-electron chi connectivity index (χ2n) is 4.37. The monoisotopic (exact) mass is 239 g/mol. The first-order chi connectivity index (χ1) is 7.72. The maximum Gasteiger partial charge on any atom is 0.137 e. The summed E-state index contributed by atoms with van der Waals surface area (Å²) in [4.78, 5) is 0. The summed E-state index contributed by atoms with van der Waals surface area (Å²) in [6, 6.07) is 4.12. The Kier molecular flexibility index (Phi) is 3.72. The zero-order valence-electron chi connectivity index (χ0n) is 9.85. The molecule has 1 aliphatic heterocycles. The molecule has 0 spiro atoms. The molecule has 1 fully saturated rings. The first-order valence-corrected chi connectivity index (χ1v) is 6.15. The number of nitrogens with one attached hydrogen (secondary N) is 1. The van der Waals surface area contributed by atoms with E-state index in [1.165, 1.54) is 24.0 Å². The van der Waals surface area contributed by atoms with E-state index in [-0.39, 0.29) is 0 Å². The molecule has 0 saturated carbocycles. The molecule has 0 unspecified atom stereocenters. The average molecular weight is 240 g/mol. The number of piperidine rings is 1. The van der Waals surface area contributed by atoms with Crippen LogP contribution in [-0.2, 0) is 0 Å². The van der Waals surface area contributed by atoms with E-state index in [2.05, 4.69) is 18.3 Å². The molecular formula is C13H18ClNO. The Bertz CT molecular complexity index is 372. The standard InChI is InChI=1S/C13H18ClNO/c1-9-7-13(16-2)12(14)8-11(9)10-3-5-15-6-4-10/h7-8,10,15H,3-6H2,1-2H3. The Morgan fingerprint density at radius 3 is 2.62 bits per heavy atom. The first-order valence-electron chi connectivity index (χ1n) is 5.77. The number of ether oxygens (including phenoxy) is 1. The summed E-state index contributed by atoms with van der Waals surface area (Å²) >= 11 is 6.18. The summed E-state index contributed by atoms with van der Waals surface area (Å²) in [5.74, 6) is 1.42. The largest absolute Gasteiger partial charge is 0.495 e. The molecule has 1 saturated heterocycles. The van der Waals surface area contributed by atoms with Gasteiger partial charge in [-0.1, -0.05) is 11.6 Å². The lowest BCUT2D eigenvalue weighted by atomic mass is 9.87. The molecule has 0 bridgehead atoms. The van der Waals surface area contributed by atoms with Crippen molar-refractivity contribution in [3.63, 3.8) is 0 Å². The Morgan fingerprint density at radius 2 is 2.00 bits per heavy atom. The van der Waals surface area contributed by atoms with E-state index in [1.807, 2.05) is 6.07 Å². The van der Waals surface area contributed by atoms with Gasteiger partial charge in [0.05, 0.1) is 12.1 Å². The van der Waals surface area contributed by atoms with E-state index in [4.69, 9.17) is 16.3 Å². The Hall–Kier alpha value is -0.730. The maximum atomic E-state index is 6.18. The van der Waals surface area contributed by atoms with Crippen LogP contribution in [0, 0.1) is 6.92 Å². The minimum atomic E-state index is 0.643. The molecular weight excluding hydrogens is 222 g/mol. The van der Waals surface area contributed by atoms with Gasteiger partial charge in [0.2, 0.25) is 0 Å². The molecule has 88 valence electrons. The van der Waals surface area contributed by atoms with Crippen LogP contribution >= 0.6 is 11.6 Å². The van der Waals surface area contributed by atoms with Gasteiger partial charge in [-0.3, -0.25) is 0 Å². The zero-order chi connectivity index (χ0) is 11.5. The molecule has 1 aromatic carbocycles. The van der Waals surface area contributed by atoms with Crippen LogP contribution in [0.15, 0.2) is 12.1 Å². The number of hydrogen-bond acceptors (Lipinski definition) is 2. The van der Waals surface area contributed by atoms with Crippen LogP contribution in [0.2, 0.25) is 5.02 Å². The average Bonchev–Trinajstić information content (AvgIpc) is 2.32. The van der Waals surface area contributed by atoms with E-state index < -0.39 is 0 Å². The van der Waals surface area contributed by atoms with Gasteiger partial charge in [-0.05, 0) is 62.0 Å².